The molecule has 3 aromatic rings. The van der Waals surface area contributed by atoms with E-state index in [0.717, 1.165) is 5.56 Å². The Hall–Kier alpha value is -2.57. The Morgan fingerprint density at radius 1 is 0.958 bits per heavy atom. The van der Waals surface area contributed by atoms with Gasteiger partial charge in [-0.05, 0) is 36.4 Å². The van der Waals surface area contributed by atoms with Crippen LogP contribution in [0.3, 0.4) is 0 Å². The number of anilines is 1. The van der Waals surface area contributed by atoms with Crippen molar-refractivity contribution in [3.8, 4) is 11.3 Å². The van der Waals surface area contributed by atoms with E-state index in [2.05, 4.69) is 9.71 Å². The molecule has 1 aliphatic heterocycles. The maximum absolute atomic E-state index is 12.3. The predicted octanol–water partition coefficient (Wildman–Crippen LogP) is 4.16. The minimum Gasteiger partial charge on any atom is -0.453 e. The number of amidine groups is 1. The second kappa shape index (κ2) is 5.51. The van der Waals surface area contributed by atoms with E-state index >= 15 is 0 Å². The second-order valence-corrected chi connectivity index (χ2v) is 7.22. The van der Waals surface area contributed by atoms with Gasteiger partial charge >= 0.3 is 0 Å². The SMILES string of the molecule is O=S1(=O)N=C(c2ccc(-c3cccc(Cl)c3)o2)Nc2ccccc21. The smallest absolute Gasteiger partial charge is 0.286 e. The van der Waals surface area contributed by atoms with Crippen molar-refractivity contribution in [3.63, 3.8) is 0 Å². The molecule has 0 atom stereocenters. The molecule has 1 aromatic heterocycles. The Bertz CT molecular complexity index is 1070. The summed E-state index contributed by atoms with van der Waals surface area (Å²) in [7, 11) is -3.76. The summed E-state index contributed by atoms with van der Waals surface area (Å²) in [6.45, 7) is 0. The van der Waals surface area contributed by atoms with Gasteiger partial charge in [0.25, 0.3) is 10.0 Å². The van der Waals surface area contributed by atoms with E-state index in [0.29, 0.717) is 22.2 Å². The zero-order valence-electron chi connectivity index (χ0n) is 12.2. The van der Waals surface area contributed by atoms with Crippen molar-refractivity contribution >= 4 is 33.1 Å². The lowest BCUT2D eigenvalue weighted by Crippen LogP contribution is -2.21. The molecule has 24 heavy (non-hydrogen) atoms. The standard InChI is InChI=1S/C17H11ClN2O3S/c18-12-5-3-4-11(10-12)14-8-9-15(23-14)17-19-13-6-1-2-7-16(13)24(21,22)20-17/h1-10H,(H,19,20). The molecule has 1 N–H and O–H groups in total. The molecule has 2 heterocycles. The van der Waals surface area contributed by atoms with Gasteiger partial charge in [-0.3, -0.25) is 0 Å². The summed E-state index contributed by atoms with van der Waals surface area (Å²) in [4.78, 5) is 0.148. The number of nitrogens with one attached hydrogen (secondary N) is 1. The number of furan rings is 1. The van der Waals surface area contributed by atoms with Gasteiger partial charge in [-0.2, -0.15) is 8.42 Å². The van der Waals surface area contributed by atoms with Crippen molar-refractivity contribution in [1.29, 1.82) is 0 Å². The van der Waals surface area contributed by atoms with Crippen LogP contribution >= 0.6 is 11.6 Å². The van der Waals surface area contributed by atoms with Crippen molar-refractivity contribution < 1.29 is 12.8 Å². The lowest BCUT2D eigenvalue weighted by molar-refractivity contribution is 0.570. The summed E-state index contributed by atoms with van der Waals surface area (Å²) < 4.78 is 34.1. The number of rotatable bonds is 2. The first-order valence-corrected chi connectivity index (χ1v) is 8.92. The van der Waals surface area contributed by atoms with Crippen LogP contribution in [0.15, 0.2) is 74.4 Å². The van der Waals surface area contributed by atoms with Gasteiger partial charge in [-0.25, -0.2) is 0 Å². The zero-order chi connectivity index (χ0) is 16.7. The van der Waals surface area contributed by atoms with E-state index in [1.54, 1.807) is 42.5 Å². The van der Waals surface area contributed by atoms with E-state index in [-0.39, 0.29) is 10.7 Å². The van der Waals surface area contributed by atoms with Crippen LogP contribution in [0.2, 0.25) is 5.02 Å². The molecule has 0 fully saturated rings. The van der Waals surface area contributed by atoms with Gasteiger partial charge < -0.3 is 9.73 Å². The minimum absolute atomic E-state index is 0.148. The van der Waals surface area contributed by atoms with Gasteiger partial charge in [0.15, 0.2) is 11.6 Å². The van der Waals surface area contributed by atoms with Gasteiger partial charge in [0.1, 0.15) is 10.7 Å². The quantitative estimate of drug-likeness (QED) is 0.746. The Morgan fingerprint density at radius 2 is 1.75 bits per heavy atom. The molecule has 0 bridgehead atoms. The lowest BCUT2D eigenvalue weighted by atomic mass is 10.2. The van der Waals surface area contributed by atoms with Crippen LogP contribution in [-0.4, -0.2) is 14.3 Å². The molecule has 0 radical (unpaired) electrons. The molecule has 0 amide bonds. The van der Waals surface area contributed by atoms with Crippen LogP contribution in [0.5, 0.6) is 0 Å². The highest BCUT2D eigenvalue weighted by molar-refractivity contribution is 7.90. The molecule has 7 heteroatoms. The third kappa shape index (κ3) is 2.60. The summed E-state index contributed by atoms with van der Waals surface area (Å²) in [6.07, 6.45) is 0. The Balaban J connectivity index is 1.75. The van der Waals surface area contributed by atoms with Crippen molar-refractivity contribution in [2.75, 3.05) is 5.32 Å². The topological polar surface area (TPSA) is 71.7 Å². The normalized spacial score (nSPS) is 15.3. The van der Waals surface area contributed by atoms with Gasteiger partial charge in [-0.15, -0.1) is 4.40 Å². The predicted molar refractivity (Wildman–Crippen MR) is 92.9 cm³/mol. The van der Waals surface area contributed by atoms with Gasteiger partial charge in [0.05, 0.1) is 5.69 Å². The summed E-state index contributed by atoms with van der Waals surface area (Å²) in [5.41, 5.74) is 1.27. The number of halogens is 1. The molecule has 0 unspecified atom stereocenters. The summed E-state index contributed by atoms with van der Waals surface area (Å²) in [5.74, 6) is 1.07. The first-order valence-electron chi connectivity index (χ1n) is 7.10. The molecular formula is C17H11ClN2O3S. The molecule has 0 saturated heterocycles. The molecule has 0 saturated carbocycles. The van der Waals surface area contributed by atoms with Crippen LogP contribution in [0.25, 0.3) is 11.3 Å². The monoisotopic (exact) mass is 358 g/mol. The highest BCUT2D eigenvalue weighted by Crippen LogP contribution is 2.30. The fraction of sp³-hybridized carbons (Fsp3) is 0. The lowest BCUT2D eigenvalue weighted by Gasteiger charge is -2.16. The number of nitrogens with zero attached hydrogens (tertiary/aromatic N) is 1. The summed E-state index contributed by atoms with van der Waals surface area (Å²) >= 11 is 5.99. The van der Waals surface area contributed by atoms with Crippen molar-refractivity contribution in [2.24, 2.45) is 4.40 Å². The van der Waals surface area contributed by atoms with Crippen LogP contribution in [0.4, 0.5) is 5.69 Å². The van der Waals surface area contributed by atoms with Crippen LogP contribution in [0.1, 0.15) is 5.76 Å². The first kappa shape index (κ1) is 15.0. The van der Waals surface area contributed by atoms with Gasteiger partial charge in [0.2, 0.25) is 0 Å². The highest BCUT2D eigenvalue weighted by atomic mass is 35.5. The van der Waals surface area contributed by atoms with Crippen molar-refractivity contribution in [2.45, 2.75) is 4.90 Å². The van der Waals surface area contributed by atoms with Crippen LogP contribution < -0.4 is 5.32 Å². The largest absolute Gasteiger partial charge is 0.453 e. The maximum atomic E-state index is 12.3. The average molecular weight is 359 g/mol. The third-order valence-corrected chi connectivity index (χ3v) is 5.15. The van der Waals surface area contributed by atoms with Crippen LogP contribution in [-0.2, 0) is 10.0 Å². The van der Waals surface area contributed by atoms with Crippen molar-refractivity contribution in [1.82, 2.24) is 0 Å². The first-order chi connectivity index (χ1) is 11.5. The average Bonchev–Trinajstić information content (AvgIpc) is 3.04. The van der Waals surface area contributed by atoms with E-state index in [4.69, 9.17) is 16.0 Å². The number of sulfonamides is 1. The molecular weight excluding hydrogens is 348 g/mol. The third-order valence-electron chi connectivity index (χ3n) is 3.58. The Labute approximate surface area is 143 Å². The van der Waals surface area contributed by atoms with E-state index < -0.39 is 10.0 Å². The summed E-state index contributed by atoms with van der Waals surface area (Å²) in [6, 6.07) is 17.2. The van der Waals surface area contributed by atoms with Gasteiger partial charge in [0, 0.05) is 10.6 Å². The molecule has 5 nitrogen and oxygen atoms in total. The fourth-order valence-electron chi connectivity index (χ4n) is 2.48. The molecule has 0 spiro atoms. The van der Waals surface area contributed by atoms with E-state index in [9.17, 15) is 8.42 Å². The minimum atomic E-state index is -3.76. The highest BCUT2D eigenvalue weighted by Gasteiger charge is 2.26. The molecule has 2 aromatic carbocycles. The second-order valence-electron chi connectivity index (χ2n) is 5.21. The number of benzene rings is 2. The molecule has 4 rings (SSSR count). The Morgan fingerprint density at radius 3 is 2.58 bits per heavy atom. The zero-order valence-corrected chi connectivity index (χ0v) is 13.8. The molecule has 1 aliphatic rings. The maximum Gasteiger partial charge on any atom is 0.286 e. The van der Waals surface area contributed by atoms with Crippen molar-refractivity contribution in [3.05, 3.63) is 71.4 Å². The number of fused-ring (bicyclic) bond motifs is 1. The number of hydrogen-bond acceptors (Lipinski definition) is 4. The Kier molecular flexibility index (Phi) is 3.44. The summed E-state index contributed by atoms with van der Waals surface area (Å²) in [5, 5.41) is 3.59. The fourth-order valence-corrected chi connectivity index (χ4v) is 3.80. The van der Waals surface area contributed by atoms with E-state index in [1.807, 2.05) is 12.1 Å². The van der Waals surface area contributed by atoms with E-state index in [1.165, 1.54) is 6.07 Å². The van der Waals surface area contributed by atoms with Gasteiger partial charge in [-0.1, -0.05) is 35.9 Å². The molecule has 120 valence electrons. The molecule has 0 aliphatic carbocycles. The van der Waals surface area contributed by atoms with Crippen LogP contribution in [0, 0.1) is 0 Å². The number of hydrogen-bond donors (Lipinski definition) is 1. The number of para-hydroxylation sites is 1.